The van der Waals surface area contributed by atoms with Crippen molar-refractivity contribution in [1.29, 1.82) is 0 Å². The summed E-state index contributed by atoms with van der Waals surface area (Å²) in [5.74, 6) is -1.66. The standard InChI is InChI=1S/C13H18O4/c1-8(2)6-10-5-4-9(11(14)15)7-13(10,3)12(16)17/h4-5,8H,6-7H2,1-3H3,(H,14,15)(H,16,17). The largest absolute Gasteiger partial charge is 0.481 e. The topological polar surface area (TPSA) is 74.6 Å². The quantitative estimate of drug-likeness (QED) is 0.789. The van der Waals surface area contributed by atoms with Crippen LogP contribution in [0, 0.1) is 11.3 Å². The van der Waals surface area contributed by atoms with Crippen molar-refractivity contribution in [2.24, 2.45) is 11.3 Å². The van der Waals surface area contributed by atoms with Gasteiger partial charge in [-0.3, -0.25) is 4.79 Å². The Bertz CT molecular complexity index is 404. The molecule has 1 rings (SSSR count). The SMILES string of the molecule is CC(C)CC1=CC=C(C(=O)O)CC1(C)C(=O)O. The van der Waals surface area contributed by atoms with E-state index in [2.05, 4.69) is 0 Å². The van der Waals surface area contributed by atoms with Crippen LogP contribution < -0.4 is 0 Å². The Labute approximate surface area is 101 Å². The van der Waals surface area contributed by atoms with Crippen LogP contribution >= 0.6 is 0 Å². The summed E-state index contributed by atoms with van der Waals surface area (Å²) in [4.78, 5) is 22.3. The van der Waals surface area contributed by atoms with Crippen LogP contribution in [0.5, 0.6) is 0 Å². The highest BCUT2D eigenvalue weighted by atomic mass is 16.4. The highest BCUT2D eigenvalue weighted by molar-refractivity contribution is 5.90. The maximum Gasteiger partial charge on any atom is 0.331 e. The Morgan fingerprint density at radius 2 is 1.94 bits per heavy atom. The van der Waals surface area contributed by atoms with Crippen LogP contribution in [-0.4, -0.2) is 22.2 Å². The molecule has 0 saturated heterocycles. The third-order valence-corrected chi connectivity index (χ3v) is 3.11. The summed E-state index contributed by atoms with van der Waals surface area (Å²) < 4.78 is 0. The zero-order valence-corrected chi connectivity index (χ0v) is 10.4. The average Bonchev–Trinajstić information content (AvgIpc) is 2.20. The van der Waals surface area contributed by atoms with Crippen molar-refractivity contribution in [3.63, 3.8) is 0 Å². The summed E-state index contributed by atoms with van der Waals surface area (Å²) in [6.07, 6.45) is 3.90. The van der Waals surface area contributed by atoms with Gasteiger partial charge in [0.2, 0.25) is 0 Å². The molecule has 0 bridgehead atoms. The smallest absolute Gasteiger partial charge is 0.331 e. The highest BCUT2D eigenvalue weighted by Crippen LogP contribution is 2.40. The van der Waals surface area contributed by atoms with Crippen LogP contribution in [0.2, 0.25) is 0 Å². The first-order valence-corrected chi connectivity index (χ1v) is 5.64. The number of hydrogen-bond acceptors (Lipinski definition) is 2. The molecule has 0 radical (unpaired) electrons. The van der Waals surface area contributed by atoms with E-state index in [1.807, 2.05) is 13.8 Å². The fourth-order valence-electron chi connectivity index (χ4n) is 2.03. The van der Waals surface area contributed by atoms with Gasteiger partial charge in [0.25, 0.3) is 0 Å². The van der Waals surface area contributed by atoms with Gasteiger partial charge in [0.15, 0.2) is 0 Å². The Hall–Kier alpha value is -1.58. The molecule has 0 saturated carbocycles. The predicted molar refractivity (Wildman–Crippen MR) is 63.6 cm³/mol. The molecule has 0 aromatic heterocycles. The minimum Gasteiger partial charge on any atom is -0.481 e. The van der Waals surface area contributed by atoms with Gasteiger partial charge < -0.3 is 10.2 Å². The Morgan fingerprint density at radius 1 is 1.35 bits per heavy atom. The van der Waals surface area contributed by atoms with Gasteiger partial charge in [0.05, 0.1) is 5.41 Å². The second-order valence-corrected chi connectivity index (χ2v) is 5.10. The molecule has 1 atom stereocenters. The molecule has 4 heteroatoms. The van der Waals surface area contributed by atoms with Crippen molar-refractivity contribution in [3.05, 3.63) is 23.3 Å². The molecule has 0 aromatic rings. The van der Waals surface area contributed by atoms with E-state index in [4.69, 9.17) is 5.11 Å². The van der Waals surface area contributed by atoms with E-state index in [9.17, 15) is 14.7 Å². The molecule has 0 aliphatic heterocycles. The van der Waals surface area contributed by atoms with E-state index in [0.29, 0.717) is 12.3 Å². The van der Waals surface area contributed by atoms with Crippen molar-refractivity contribution in [1.82, 2.24) is 0 Å². The number of hydrogen-bond donors (Lipinski definition) is 2. The van der Waals surface area contributed by atoms with E-state index in [-0.39, 0.29) is 12.0 Å². The third kappa shape index (κ3) is 2.75. The van der Waals surface area contributed by atoms with Crippen LogP contribution in [0.25, 0.3) is 0 Å². The van der Waals surface area contributed by atoms with Crippen molar-refractivity contribution in [2.75, 3.05) is 0 Å². The fraction of sp³-hybridized carbons (Fsp3) is 0.538. The van der Waals surface area contributed by atoms with Crippen LogP contribution in [0.15, 0.2) is 23.3 Å². The summed E-state index contributed by atoms with van der Waals surface area (Å²) in [5.41, 5.74) is -0.139. The van der Waals surface area contributed by atoms with Gasteiger partial charge in [-0.1, -0.05) is 31.6 Å². The second-order valence-electron chi connectivity index (χ2n) is 5.10. The second kappa shape index (κ2) is 4.73. The zero-order chi connectivity index (χ0) is 13.2. The van der Waals surface area contributed by atoms with Crippen LogP contribution in [-0.2, 0) is 9.59 Å². The molecule has 0 aromatic carbocycles. The fourth-order valence-corrected chi connectivity index (χ4v) is 2.03. The molecule has 1 aliphatic carbocycles. The lowest BCUT2D eigenvalue weighted by molar-refractivity contribution is -0.146. The normalized spacial score (nSPS) is 24.2. The molecule has 1 aliphatic rings. The molecule has 94 valence electrons. The summed E-state index contributed by atoms with van der Waals surface area (Å²) in [6.45, 7) is 5.62. The minimum absolute atomic E-state index is 0.0518. The molecule has 1 unspecified atom stereocenters. The lowest BCUT2D eigenvalue weighted by atomic mass is 9.71. The first-order valence-electron chi connectivity index (χ1n) is 5.64. The van der Waals surface area contributed by atoms with Crippen molar-refractivity contribution >= 4 is 11.9 Å². The number of aliphatic carboxylic acids is 2. The third-order valence-electron chi connectivity index (χ3n) is 3.11. The van der Waals surface area contributed by atoms with E-state index in [1.54, 1.807) is 13.0 Å². The van der Waals surface area contributed by atoms with Gasteiger partial charge in [-0.2, -0.15) is 0 Å². The first kappa shape index (κ1) is 13.5. The lowest BCUT2D eigenvalue weighted by Gasteiger charge is -2.31. The maximum absolute atomic E-state index is 11.4. The molecular weight excluding hydrogens is 220 g/mol. The van der Waals surface area contributed by atoms with Gasteiger partial charge in [-0.25, -0.2) is 4.79 Å². The Morgan fingerprint density at radius 3 is 2.35 bits per heavy atom. The van der Waals surface area contributed by atoms with Gasteiger partial charge >= 0.3 is 11.9 Å². The molecule has 0 fully saturated rings. The molecular formula is C13H18O4. The van der Waals surface area contributed by atoms with Gasteiger partial charge in [-0.05, 0) is 25.7 Å². The summed E-state index contributed by atoms with van der Waals surface area (Å²) >= 11 is 0. The first-order chi connectivity index (χ1) is 7.77. The van der Waals surface area contributed by atoms with Crippen molar-refractivity contribution < 1.29 is 19.8 Å². The van der Waals surface area contributed by atoms with Gasteiger partial charge in [0.1, 0.15) is 0 Å². The molecule has 0 amide bonds. The molecule has 0 heterocycles. The van der Waals surface area contributed by atoms with E-state index < -0.39 is 17.4 Å². The number of carbonyl (C=O) groups is 2. The maximum atomic E-state index is 11.4. The molecule has 17 heavy (non-hydrogen) atoms. The monoisotopic (exact) mass is 238 g/mol. The lowest BCUT2D eigenvalue weighted by Crippen LogP contribution is -2.33. The molecule has 0 spiro atoms. The van der Waals surface area contributed by atoms with Crippen LogP contribution in [0.1, 0.15) is 33.6 Å². The Balaban J connectivity index is 3.12. The molecule has 4 nitrogen and oxygen atoms in total. The molecule has 2 N–H and O–H groups in total. The number of rotatable bonds is 4. The summed E-state index contributed by atoms with van der Waals surface area (Å²) in [6, 6.07) is 0. The Kier molecular flexibility index (Phi) is 3.76. The average molecular weight is 238 g/mol. The van der Waals surface area contributed by atoms with Crippen LogP contribution in [0.3, 0.4) is 0 Å². The van der Waals surface area contributed by atoms with Gasteiger partial charge in [0, 0.05) is 5.57 Å². The van der Waals surface area contributed by atoms with E-state index >= 15 is 0 Å². The predicted octanol–water partition coefficient (Wildman–Crippen LogP) is 2.46. The van der Waals surface area contributed by atoms with Crippen molar-refractivity contribution in [2.45, 2.75) is 33.6 Å². The van der Waals surface area contributed by atoms with Gasteiger partial charge in [-0.15, -0.1) is 0 Å². The van der Waals surface area contributed by atoms with Crippen molar-refractivity contribution in [3.8, 4) is 0 Å². The van der Waals surface area contributed by atoms with E-state index in [1.165, 1.54) is 6.08 Å². The zero-order valence-electron chi connectivity index (χ0n) is 10.4. The van der Waals surface area contributed by atoms with E-state index in [0.717, 1.165) is 5.57 Å². The van der Waals surface area contributed by atoms with Crippen LogP contribution in [0.4, 0.5) is 0 Å². The highest BCUT2D eigenvalue weighted by Gasteiger charge is 2.40. The number of carboxylic acid groups (broad SMARTS) is 2. The summed E-state index contributed by atoms with van der Waals surface area (Å²) in [5, 5.41) is 18.2. The number of carboxylic acids is 2. The number of allylic oxidation sites excluding steroid dienone is 2. The minimum atomic E-state index is -1.09. The summed E-state index contributed by atoms with van der Waals surface area (Å²) in [7, 11) is 0.